The molecule has 0 N–H and O–H groups in total. The molecule has 0 aromatic carbocycles. The Morgan fingerprint density at radius 3 is 2.79 bits per heavy atom. The third-order valence-electron chi connectivity index (χ3n) is 1.94. The molecule has 0 atom stereocenters. The van der Waals surface area contributed by atoms with Crippen LogP contribution in [0.15, 0.2) is 11.4 Å². The Balaban J connectivity index is 2.22. The average molecular weight is 228 g/mol. The van der Waals surface area contributed by atoms with E-state index in [-0.39, 0.29) is 0 Å². The summed E-state index contributed by atoms with van der Waals surface area (Å²) in [6, 6.07) is 2.05. The van der Waals surface area contributed by atoms with E-state index in [2.05, 4.69) is 10.1 Å². The summed E-state index contributed by atoms with van der Waals surface area (Å²) in [6.45, 7) is 4.72. The van der Waals surface area contributed by atoms with Crippen molar-refractivity contribution in [2.75, 3.05) is 0 Å². The van der Waals surface area contributed by atoms with Crippen LogP contribution in [0.1, 0.15) is 17.1 Å². The molecule has 0 saturated heterocycles. The summed E-state index contributed by atoms with van der Waals surface area (Å²) >= 11 is 7.20. The van der Waals surface area contributed by atoms with Gasteiger partial charge in [-0.05, 0) is 19.9 Å². The van der Waals surface area contributed by atoms with E-state index in [0.717, 1.165) is 17.1 Å². The fourth-order valence-electron chi connectivity index (χ4n) is 1.34. The number of halogens is 1. The summed E-state index contributed by atoms with van der Waals surface area (Å²) in [5.74, 6) is 0. The zero-order valence-electron chi connectivity index (χ0n) is 7.99. The van der Waals surface area contributed by atoms with Gasteiger partial charge >= 0.3 is 0 Å². The maximum absolute atomic E-state index is 5.75. The van der Waals surface area contributed by atoms with Crippen LogP contribution in [0.5, 0.6) is 0 Å². The third kappa shape index (κ3) is 1.96. The van der Waals surface area contributed by atoms with Crippen molar-refractivity contribution in [3.63, 3.8) is 0 Å². The van der Waals surface area contributed by atoms with Gasteiger partial charge < -0.3 is 0 Å². The molecule has 74 valence electrons. The summed E-state index contributed by atoms with van der Waals surface area (Å²) < 4.78 is 2.52. The molecule has 0 saturated carbocycles. The minimum atomic E-state index is 0.585. The predicted octanol–water partition coefficient (Wildman–Crippen LogP) is 2.66. The van der Waals surface area contributed by atoms with Crippen LogP contribution in [0.2, 0.25) is 4.47 Å². The van der Waals surface area contributed by atoms with Crippen molar-refractivity contribution in [3.8, 4) is 0 Å². The Bertz CT molecular complexity index is 447. The summed E-state index contributed by atoms with van der Waals surface area (Å²) in [6.07, 6.45) is 0. The van der Waals surface area contributed by atoms with E-state index in [1.807, 2.05) is 30.0 Å². The van der Waals surface area contributed by atoms with Crippen molar-refractivity contribution in [3.05, 3.63) is 33.0 Å². The van der Waals surface area contributed by atoms with Crippen LogP contribution in [0.25, 0.3) is 0 Å². The van der Waals surface area contributed by atoms with E-state index in [0.29, 0.717) is 11.0 Å². The maximum atomic E-state index is 5.75. The highest BCUT2D eigenvalue weighted by Crippen LogP contribution is 2.16. The van der Waals surface area contributed by atoms with Gasteiger partial charge in [-0.2, -0.15) is 5.10 Å². The normalized spacial score (nSPS) is 10.8. The molecule has 3 nitrogen and oxygen atoms in total. The van der Waals surface area contributed by atoms with E-state index in [1.165, 1.54) is 11.3 Å². The lowest BCUT2D eigenvalue weighted by Crippen LogP contribution is -2.03. The first kappa shape index (κ1) is 9.68. The summed E-state index contributed by atoms with van der Waals surface area (Å²) in [5.41, 5.74) is 3.14. The van der Waals surface area contributed by atoms with Crippen LogP contribution in [-0.2, 0) is 6.54 Å². The van der Waals surface area contributed by atoms with Crippen LogP contribution in [0.4, 0.5) is 0 Å². The van der Waals surface area contributed by atoms with E-state index >= 15 is 0 Å². The Morgan fingerprint density at radius 2 is 2.29 bits per heavy atom. The number of aryl methyl sites for hydroxylation is 2. The van der Waals surface area contributed by atoms with Gasteiger partial charge in [0.15, 0.2) is 4.47 Å². The van der Waals surface area contributed by atoms with Gasteiger partial charge in [-0.3, -0.25) is 4.68 Å². The number of rotatable bonds is 2. The first-order chi connectivity index (χ1) is 6.65. The number of thiazole rings is 1. The maximum Gasteiger partial charge on any atom is 0.183 e. The van der Waals surface area contributed by atoms with Crippen molar-refractivity contribution in [1.29, 1.82) is 0 Å². The molecule has 0 bridgehead atoms. The molecule has 2 aromatic heterocycles. The second-order valence-electron chi connectivity index (χ2n) is 3.18. The SMILES string of the molecule is Cc1cc(C)n(Cc2csc(Cl)n2)n1. The number of aromatic nitrogens is 3. The summed E-state index contributed by atoms with van der Waals surface area (Å²) in [4.78, 5) is 4.18. The first-order valence-electron chi connectivity index (χ1n) is 4.26. The fraction of sp³-hybridized carbons (Fsp3) is 0.333. The van der Waals surface area contributed by atoms with Crippen LogP contribution in [0.3, 0.4) is 0 Å². The van der Waals surface area contributed by atoms with Crippen molar-refractivity contribution < 1.29 is 0 Å². The van der Waals surface area contributed by atoms with E-state index in [1.54, 1.807) is 0 Å². The van der Waals surface area contributed by atoms with Crippen LogP contribution < -0.4 is 0 Å². The zero-order chi connectivity index (χ0) is 10.1. The predicted molar refractivity (Wildman–Crippen MR) is 57.9 cm³/mol. The first-order valence-corrected chi connectivity index (χ1v) is 5.52. The molecular formula is C9H10ClN3S. The largest absolute Gasteiger partial charge is 0.264 e. The van der Waals surface area contributed by atoms with Gasteiger partial charge in [0, 0.05) is 11.1 Å². The Kier molecular flexibility index (Phi) is 2.56. The minimum absolute atomic E-state index is 0.585. The lowest BCUT2D eigenvalue weighted by molar-refractivity contribution is 0.649. The molecule has 0 radical (unpaired) electrons. The van der Waals surface area contributed by atoms with E-state index in [9.17, 15) is 0 Å². The average Bonchev–Trinajstić information content (AvgIpc) is 2.61. The van der Waals surface area contributed by atoms with Gasteiger partial charge in [-0.15, -0.1) is 11.3 Å². The van der Waals surface area contributed by atoms with Crippen molar-refractivity contribution in [2.45, 2.75) is 20.4 Å². The van der Waals surface area contributed by atoms with Gasteiger partial charge in [0.1, 0.15) is 0 Å². The van der Waals surface area contributed by atoms with Crippen molar-refractivity contribution >= 4 is 22.9 Å². The lowest BCUT2D eigenvalue weighted by atomic mass is 10.4. The molecule has 0 aliphatic heterocycles. The minimum Gasteiger partial charge on any atom is -0.264 e. The fourth-order valence-corrected chi connectivity index (χ4v) is 2.12. The van der Waals surface area contributed by atoms with Gasteiger partial charge in [0.2, 0.25) is 0 Å². The second kappa shape index (κ2) is 3.71. The number of nitrogens with zero attached hydrogens (tertiary/aromatic N) is 3. The lowest BCUT2D eigenvalue weighted by Gasteiger charge is -2.00. The topological polar surface area (TPSA) is 30.7 Å². The van der Waals surface area contributed by atoms with E-state index in [4.69, 9.17) is 11.6 Å². The molecule has 0 unspecified atom stereocenters. The third-order valence-corrected chi connectivity index (χ3v) is 2.97. The molecular weight excluding hydrogens is 218 g/mol. The van der Waals surface area contributed by atoms with Crippen LogP contribution in [0, 0.1) is 13.8 Å². The highest BCUT2D eigenvalue weighted by Gasteiger charge is 2.04. The standard InChI is InChI=1S/C9H10ClN3S/c1-6-3-7(2)13(12-6)4-8-5-14-9(10)11-8/h3,5H,4H2,1-2H3. The molecule has 0 amide bonds. The Labute approximate surface area is 91.4 Å². The highest BCUT2D eigenvalue weighted by molar-refractivity contribution is 7.13. The van der Waals surface area contributed by atoms with Gasteiger partial charge in [0.25, 0.3) is 0 Å². The molecule has 2 heterocycles. The number of hydrogen-bond donors (Lipinski definition) is 0. The number of hydrogen-bond acceptors (Lipinski definition) is 3. The molecule has 0 spiro atoms. The van der Waals surface area contributed by atoms with Gasteiger partial charge in [0.05, 0.1) is 17.9 Å². The van der Waals surface area contributed by atoms with Crippen LogP contribution >= 0.6 is 22.9 Å². The quantitative estimate of drug-likeness (QED) is 0.790. The monoisotopic (exact) mass is 227 g/mol. The van der Waals surface area contributed by atoms with E-state index < -0.39 is 0 Å². The van der Waals surface area contributed by atoms with Crippen molar-refractivity contribution in [1.82, 2.24) is 14.8 Å². The van der Waals surface area contributed by atoms with Gasteiger partial charge in [-0.25, -0.2) is 4.98 Å². The molecule has 5 heteroatoms. The molecule has 0 aliphatic carbocycles. The summed E-state index contributed by atoms with van der Waals surface area (Å²) in [7, 11) is 0. The van der Waals surface area contributed by atoms with Gasteiger partial charge in [-0.1, -0.05) is 11.6 Å². The second-order valence-corrected chi connectivity index (χ2v) is 4.62. The Hall–Kier alpha value is -0.870. The van der Waals surface area contributed by atoms with Crippen LogP contribution in [-0.4, -0.2) is 14.8 Å². The molecule has 2 rings (SSSR count). The van der Waals surface area contributed by atoms with Crippen molar-refractivity contribution in [2.24, 2.45) is 0 Å². The zero-order valence-corrected chi connectivity index (χ0v) is 9.56. The molecule has 0 fully saturated rings. The molecule has 0 aliphatic rings. The highest BCUT2D eigenvalue weighted by atomic mass is 35.5. The Morgan fingerprint density at radius 1 is 1.50 bits per heavy atom. The molecule has 2 aromatic rings. The molecule has 14 heavy (non-hydrogen) atoms. The summed E-state index contributed by atoms with van der Waals surface area (Å²) in [5, 5.41) is 6.31. The smallest absolute Gasteiger partial charge is 0.183 e.